The average molecular weight is 332 g/mol. The summed E-state index contributed by atoms with van der Waals surface area (Å²) in [6, 6.07) is 0. The number of hydrogen-bond acceptors (Lipinski definition) is 5. The molecule has 2 rings (SSSR count). The van der Waals surface area contributed by atoms with E-state index in [-0.39, 0.29) is 12.0 Å². The predicted molar refractivity (Wildman–Crippen MR) is 85.4 cm³/mol. The van der Waals surface area contributed by atoms with Crippen LogP contribution in [-0.4, -0.2) is 79.1 Å². The van der Waals surface area contributed by atoms with Crippen molar-refractivity contribution in [3.8, 4) is 0 Å². The standard InChI is InChI=1S/C15H28N2O4S/c1-3-13(18)12-16-8-10-17(11-9-16)14(19)15(22(2,20)21)6-4-5-7-15/h13,18H,3-12H2,1-2H3. The van der Waals surface area contributed by atoms with Gasteiger partial charge in [0.2, 0.25) is 5.91 Å². The average Bonchev–Trinajstić information content (AvgIpc) is 2.97. The van der Waals surface area contributed by atoms with Gasteiger partial charge in [0.1, 0.15) is 0 Å². The Morgan fingerprint density at radius 3 is 2.18 bits per heavy atom. The number of piperazine rings is 1. The molecule has 7 heteroatoms. The van der Waals surface area contributed by atoms with Gasteiger partial charge in [-0.1, -0.05) is 19.8 Å². The van der Waals surface area contributed by atoms with Gasteiger partial charge in [-0.3, -0.25) is 9.69 Å². The summed E-state index contributed by atoms with van der Waals surface area (Å²) < 4.78 is 23.2. The molecule has 1 N–H and O–H groups in total. The second kappa shape index (κ2) is 6.84. The van der Waals surface area contributed by atoms with Crippen molar-refractivity contribution in [2.75, 3.05) is 39.0 Å². The highest BCUT2D eigenvalue weighted by molar-refractivity contribution is 7.92. The third-order valence-electron chi connectivity index (χ3n) is 5.11. The van der Waals surface area contributed by atoms with Crippen molar-refractivity contribution in [1.82, 2.24) is 9.80 Å². The van der Waals surface area contributed by atoms with Crippen LogP contribution in [0.4, 0.5) is 0 Å². The fourth-order valence-corrected chi connectivity index (χ4v) is 5.01. The molecular formula is C15H28N2O4S. The molecule has 2 fully saturated rings. The highest BCUT2D eigenvalue weighted by Crippen LogP contribution is 2.38. The summed E-state index contributed by atoms with van der Waals surface area (Å²) in [5.74, 6) is -0.205. The Balaban J connectivity index is 2.00. The van der Waals surface area contributed by atoms with E-state index in [4.69, 9.17) is 0 Å². The first-order valence-electron chi connectivity index (χ1n) is 8.19. The van der Waals surface area contributed by atoms with Gasteiger partial charge in [-0.2, -0.15) is 0 Å². The lowest BCUT2D eigenvalue weighted by Crippen LogP contribution is -2.57. The number of sulfone groups is 1. The van der Waals surface area contributed by atoms with E-state index in [0.717, 1.165) is 19.3 Å². The van der Waals surface area contributed by atoms with Gasteiger partial charge in [-0.05, 0) is 19.3 Å². The highest BCUT2D eigenvalue weighted by Gasteiger charge is 2.51. The molecule has 0 radical (unpaired) electrons. The largest absolute Gasteiger partial charge is 0.392 e. The Hall–Kier alpha value is -0.660. The predicted octanol–water partition coefficient (Wildman–Crippen LogP) is 0.259. The number of hydrogen-bond donors (Lipinski definition) is 1. The van der Waals surface area contributed by atoms with Crippen molar-refractivity contribution < 1.29 is 18.3 Å². The molecule has 22 heavy (non-hydrogen) atoms. The number of carbonyl (C=O) groups excluding carboxylic acids is 1. The number of rotatable bonds is 5. The molecule has 1 saturated heterocycles. The highest BCUT2D eigenvalue weighted by atomic mass is 32.2. The third-order valence-corrected chi connectivity index (χ3v) is 7.11. The maximum absolute atomic E-state index is 12.8. The van der Waals surface area contributed by atoms with E-state index in [2.05, 4.69) is 4.90 Å². The van der Waals surface area contributed by atoms with Gasteiger partial charge in [0.25, 0.3) is 0 Å². The lowest BCUT2D eigenvalue weighted by atomic mass is 10.0. The minimum absolute atomic E-state index is 0.205. The number of carbonyl (C=O) groups is 1. The van der Waals surface area contributed by atoms with Gasteiger partial charge in [0, 0.05) is 39.0 Å². The summed E-state index contributed by atoms with van der Waals surface area (Å²) in [5.41, 5.74) is 0. The molecule has 0 bridgehead atoms. The van der Waals surface area contributed by atoms with Crippen molar-refractivity contribution in [2.24, 2.45) is 0 Å². The van der Waals surface area contributed by atoms with Crippen molar-refractivity contribution in [1.29, 1.82) is 0 Å². The van der Waals surface area contributed by atoms with Gasteiger partial charge < -0.3 is 10.0 Å². The number of amides is 1. The minimum Gasteiger partial charge on any atom is -0.392 e. The summed E-state index contributed by atoms with van der Waals surface area (Å²) in [5, 5.41) is 9.70. The quantitative estimate of drug-likeness (QED) is 0.781. The zero-order valence-electron chi connectivity index (χ0n) is 13.6. The van der Waals surface area contributed by atoms with Gasteiger partial charge in [0.05, 0.1) is 6.10 Å². The lowest BCUT2D eigenvalue weighted by molar-refractivity contribution is -0.135. The normalized spacial score (nSPS) is 24.4. The molecule has 6 nitrogen and oxygen atoms in total. The van der Waals surface area contributed by atoms with Crippen LogP contribution in [0.25, 0.3) is 0 Å². The van der Waals surface area contributed by atoms with Crippen molar-refractivity contribution in [3.05, 3.63) is 0 Å². The molecule has 1 unspecified atom stereocenters. The Labute approximate surface area is 133 Å². The summed E-state index contributed by atoms with van der Waals surface area (Å²) in [4.78, 5) is 16.7. The van der Waals surface area contributed by atoms with E-state index in [1.54, 1.807) is 4.90 Å². The topological polar surface area (TPSA) is 77.9 Å². The first-order chi connectivity index (χ1) is 10.3. The zero-order chi connectivity index (χ0) is 16.4. The Morgan fingerprint density at radius 1 is 1.18 bits per heavy atom. The van der Waals surface area contributed by atoms with E-state index < -0.39 is 14.6 Å². The molecular weight excluding hydrogens is 304 g/mol. The van der Waals surface area contributed by atoms with Crippen LogP contribution in [0.2, 0.25) is 0 Å². The summed E-state index contributed by atoms with van der Waals surface area (Å²) >= 11 is 0. The fourth-order valence-electron chi connectivity index (χ4n) is 3.54. The number of nitrogens with zero attached hydrogens (tertiary/aromatic N) is 2. The SMILES string of the molecule is CCC(O)CN1CCN(C(=O)C2(S(C)(=O)=O)CCCC2)CC1. The zero-order valence-corrected chi connectivity index (χ0v) is 14.4. The monoisotopic (exact) mass is 332 g/mol. The van der Waals surface area contributed by atoms with E-state index in [0.29, 0.717) is 45.6 Å². The van der Waals surface area contributed by atoms with Crippen LogP contribution in [-0.2, 0) is 14.6 Å². The van der Waals surface area contributed by atoms with Gasteiger partial charge in [0.15, 0.2) is 14.6 Å². The first-order valence-corrected chi connectivity index (χ1v) is 10.1. The number of aliphatic hydroxyl groups is 1. The van der Waals surface area contributed by atoms with Crippen LogP contribution in [0.15, 0.2) is 0 Å². The van der Waals surface area contributed by atoms with Crippen LogP contribution in [0, 0.1) is 0 Å². The molecule has 1 aliphatic carbocycles. The van der Waals surface area contributed by atoms with E-state index in [1.807, 2.05) is 6.92 Å². The summed E-state index contributed by atoms with van der Waals surface area (Å²) in [7, 11) is -3.39. The maximum atomic E-state index is 12.8. The van der Waals surface area contributed by atoms with Crippen LogP contribution < -0.4 is 0 Å². The van der Waals surface area contributed by atoms with Crippen LogP contribution in [0.5, 0.6) is 0 Å². The van der Waals surface area contributed by atoms with Crippen molar-refractivity contribution in [3.63, 3.8) is 0 Å². The Morgan fingerprint density at radius 2 is 1.73 bits per heavy atom. The third kappa shape index (κ3) is 3.46. The van der Waals surface area contributed by atoms with Crippen molar-refractivity contribution >= 4 is 15.7 Å². The molecule has 1 atom stereocenters. The molecule has 128 valence electrons. The molecule has 0 spiro atoms. The van der Waals surface area contributed by atoms with Crippen LogP contribution in [0.3, 0.4) is 0 Å². The molecule has 1 aliphatic heterocycles. The number of aliphatic hydroxyl groups excluding tert-OH is 1. The molecule has 1 amide bonds. The smallest absolute Gasteiger partial charge is 0.244 e. The Kier molecular flexibility index (Phi) is 5.50. The molecule has 0 aromatic carbocycles. The summed E-state index contributed by atoms with van der Waals surface area (Å²) in [6.45, 7) is 5.06. The van der Waals surface area contributed by atoms with E-state index >= 15 is 0 Å². The molecule has 0 aromatic heterocycles. The molecule has 0 aromatic rings. The van der Waals surface area contributed by atoms with E-state index in [1.165, 1.54) is 6.26 Å². The fraction of sp³-hybridized carbons (Fsp3) is 0.933. The van der Waals surface area contributed by atoms with Gasteiger partial charge >= 0.3 is 0 Å². The molecule has 1 heterocycles. The van der Waals surface area contributed by atoms with E-state index in [9.17, 15) is 18.3 Å². The Bertz CT molecular complexity index is 492. The molecule has 2 aliphatic rings. The van der Waals surface area contributed by atoms with Gasteiger partial charge in [-0.25, -0.2) is 8.42 Å². The minimum atomic E-state index is -3.39. The molecule has 1 saturated carbocycles. The van der Waals surface area contributed by atoms with Crippen LogP contribution >= 0.6 is 0 Å². The van der Waals surface area contributed by atoms with Gasteiger partial charge in [-0.15, -0.1) is 0 Å². The maximum Gasteiger partial charge on any atom is 0.244 e. The van der Waals surface area contributed by atoms with Crippen LogP contribution in [0.1, 0.15) is 39.0 Å². The number of β-amino-alcohol motifs (C(OH)–C–C–N with tert-alkyl or cyclic N) is 1. The summed E-state index contributed by atoms with van der Waals surface area (Å²) in [6.07, 6.45) is 4.11. The first kappa shape index (κ1) is 17.7. The second-order valence-electron chi connectivity index (χ2n) is 6.63. The lowest BCUT2D eigenvalue weighted by Gasteiger charge is -2.39. The second-order valence-corrected chi connectivity index (χ2v) is 8.95. The van der Waals surface area contributed by atoms with Crippen molar-refractivity contribution in [2.45, 2.75) is 49.9 Å².